The van der Waals surface area contributed by atoms with Gasteiger partial charge in [0.1, 0.15) is 0 Å². The van der Waals surface area contributed by atoms with Gasteiger partial charge in [-0.3, -0.25) is 4.99 Å². The number of aliphatic imine (C=N–C) groups is 1. The Hall–Kier alpha value is -1.64. The number of ether oxygens (including phenoxy) is 1. The smallest absolute Gasteiger partial charge is 0.338 e. The predicted octanol–water partition coefficient (Wildman–Crippen LogP) is 1.99. The molecule has 1 aliphatic heterocycles. The van der Waals surface area contributed by atoms with E-state index in [0.717, 1.165) is 12.0 Å². The molecule has 0 N–H and O–H groups in total. The molecule has 3 heteroatoms. The van der Waals surface area contributed by atoms with Crippen molar-refractivity contribution in [2.75, 3.05) is 6.61 Å². The zero-order valence-electron chi connectivity index (χ0n) is 8.69. The molecule has 0 amide bonds. The zero-order valence-corrected chi connectivity index (χ0v) is 8.69. The highest BCUT2D eigenvalue weighted by atomic mass is 16.5. The third-order valence-corrected chi connectivity index (χ3v) is 2.42. The summed E-state index contributed by atoms with van der Waals surface area (Å²) in [6.07, 6.45) is 2.77. The summed E-state index contributed by atoms with van der Waals surface area (Å²) in [6.45, 7) is 2.89. The lowest BCUT2D eigenvalue weighted by atomic mass is 10.00. The maximum atomic E-state index is 11.5. The van der Waals surface area contributed by atoms with Crippen molar-refractivity contribution in [1.82, 2.24) is 0 Å². The van der Waals surface area contributed by atoms with Gasteiger partial charge in [0.25, 0.3) is 0 Å². The lowest BCUT2D eigenvalue weighted by Gasteiger charge is -2.11. The van der Waals surface area contributed by atoms with Gasteiger partial charge >= 0.3 is 5.97 Å². The molecule has 0 aliphatic carbocycles. The molecular weight excluding hydrogens is 190 g/mol. The van der Waals surface area contributed by atoms with Crippen LogP contribution in [0.25, 0.3) is 0 Å². The van der Waals surface area contributed by atoms with Crippen molar-refractivity contribution in [3.8, 4) is 0 Å². The first-order valence-corrected chi connectivity index (χ1v) is 5.08. The van der Waals surface area contributed by atoms with Crippen molar-refractivity contribution in [3.05, 3.63) is 34.9 Å². The third kappa shape index (κ3) is 2.06. The summed E-state index contributed by atoms with van der Waals surface area (Å²) < 4.78 is 4.94. The number of fused-ring (bicyclic) bond motifs is 1. The minimum Gasteiger partial charge on any atom is -0.462 e. The van der Waals surface area contributed by atoms with E-state index in [1.807, 2.05) is 24.4 Å². The number of carbonyl (C=O) groups is 1. The Bertz CT molecular complexity index is 410. The molecule has 0 saturated carbocycles. The van der Waals surface area contributed by atoms with E-state index in [9.17, 15) is 4.79 Å². The van der Waals surface area contributed by atoms with Crippen LogP contribution in [-0.4, -0.2) is 18.8 Å². The number of benzene rings is 1. The standard InChI is InChI=1S/C12H13NO2/c1-2-15-12(14)10-4-3-9-5-6-13-8-11(9)7-10/h3-4,6-7H,2,5,8H2,1H3. The fourth-order valence-electron chi connectivity index (χ4n) is 1.64. The molecule has 1 aromatic rings. The summed E-state index contributed by atoms with van der Waals surface area (Å²) in [7, 11) is 0. The van der Waals surface area contributed by atoms with E-state index >= 15 is 0 Å². The van der Waals surface area contributed by atoms with E-state index in [1.54, 1.807) is 6.92 Å². The van der Waals surface area contributed by atoms with E-state index in [4.69, 9.17) is 4.74 Å². The summed E-state index contributed by atoms with van der Waals surface area (Å²) in [6, 6.07) is 5.67. The van der Waals surface area contributed by atoms with E-state index < -0.39 is 0 Å². The average molecular weight is 203 g/mol. The SMILES string of the molecule is CCOC(=O)c1ccc2c(c1)CN=CC2. The van der Waals surface area contributed by atoms with Crippen molar-refractivity contribution < 1.29 is 9.53 Å². The Balaban J connectivity index is 2.26. The van der Waals surface area contributed by atoms with Gasteiger partial charge in [-0.15, -0.1) is 0 Å². The Kier molecular flexibility index (Phi) is 2.81. The molecule has 1 heterocycles. The van der Waals surface area contributed by atoms with Crippen molar-refractivity contribution in [1.29, 1.82) is 0 Å². The molecule has 0 atom stereocenters. The second-order valence-electron chi connectivity index (χ2n) is 3.43. The molecule has 0 spiro atoms. The molecule has 0 aromatic heterocycles. The summed E-state index contributed by atoms with van der Waals surface area (Å²) in [4.78, 5) is 15.7. The fourth-order valence-corrected chi connectivity index (χ4v) is 1.64. The van der Waals surface area contributed by atoms with E-state index in [1.165, 1.54) is 5.56 Å². The highest BCUT2D eigenvalue weighted by Crippen LogP contribution is 2.17. The van der Waals surface area contributed by atoms with Crippen molar-refractivity contribution >= 4 is 12.2 Å². The number of nitrogens with zero attached hydrogens (tertiary/aromatic N) is 1. The molecule has 0 unspecified atom stereocenters. The number of esters is 1. The van der Waals surface area contributed by atoms with Gasteiger partial charge in [-0.1, -0.05) is 6.07 Å². The Morgan fingerprint density at radius 1 is 1.47 bits per heavy atom. The maximum Gasteiger partial charge on any atom is 0.338 e. The minimum absolute atomic E-state index is 0.255. The largest absolute Gasteiger partial charge is 0.462 e. The fraction of sp³-hybridized carbons (Fsp3) is 0.333. The van der Waals surface area contributed by atoms with Crippen LogP contribution in [0.15, 0.2) is 23.2 Å². The van der Waals surface area contributed by atoms with Crippen molar-refractivity contribution in [3.63, 3.8) is 0 Å². The molecule has 1 aliphatic rings. The van der Waals surface area contributed by atoms with Crippen molar-refractivity contribution in [2.45, 2.75) is 19.9 Å². The van der Waals surface area contributed by atoms with E-state index in [2.05, 4.69) is 4.99 Å². The summed E-state index contributed by atoms with van der Waals surface area (Å²) in [5, 5.41) is 0. The van der Waals surface area contributed by atoms with Gasteiger partial charge in [0.2, 0.25) is 0 Å². The number of hydrogen-bond acceptors (Lipinski definition) is 3. The first-order chi connectivity index (χ1) is 7.31. The number of carbonyl (C=O) groups excluding carboxylic acids is 1. The van der Waals surface area contributed by atoms with E-state index in [-0.39, 0.29) is 5.97 Å². The molecule has 1 aromatic carbocycles. The van der Waals surface area contributed by atoms with Gasteiger partial charge in [-0.2, -0.15) is 0 Å². The van der Waals surface area contributed by atoms with Gasteiger partial charge in [0.05, 0.1) is 18.7 Å². The monoisotopic (exact) mass is 203 g/mol. The molecule has 3 nitrogen and oxygen atoms in total. The normalized spacial score (nSPS) is 13.4. The first-order valence-electron chi connectivity index (χ1n) is 5.08. The van der Waals surface area contributed by atoms with Gasteiger partial charge in [0, 0.05) is 12.6 Å². The van der Waals surface area contributed by atoms with Gasteiger partial charge < -0.3 is 4.74 Å². The predicted molar refractivity (Wildman–Crippen MR) is 58.3 cm³/mol. The lowest BCUT2D eigenvalue weighted by Crippen LogP contribution is -2.08. The quantitative estimate of drug-likeness (QED) is 0.689. The highest BCUT2D eigenvalue weighted by Gasteiger charge is 2.11. The molecule has 0 saturated heterocycles. The lowest BCUT2D eigenvalue weighted by molar-refractivity contribution is 0.0526. The van der Waals surface area contributed by atoms with Gasteiger partial charge in [-0.05, 0) is 30.2 Å². The number of hydrogen-bond donors (Lipinski definition) is 0. The van der Waals surface area contributed by atoms with Crippen LogP contribution in [-0.2, 0) is 17.7 Å². The summed E-state index contributed by atoms with van der Waals surface area (Å²) >= 11 is 0. The first kappa shape index (κ1) is 9.90. The van der Waals surface area contributed by atoms with Crippen molar-refractivity contribution in [2.24, 2.45) is 4.99 Å². The van der Waals surface area contributed by atoms with E-state index in [0.29, 0.717) is 18.7 Å². The second-order valence-corrected chi connectivity index (χ2v) is 3.43. The molecule has 0 fully saturated rings. The second kappa shape index (κ2) is 4.26. The molecule has 0 radical (unpaired) electrons. The molecule has 0 bridgehead atoms. The van der Waals surface area contributed by atoms with Crippen LogP contribution in [0.1, 0.15) is 28.4 Å². The van der Waals surface area contributed by atoms with Crippen LogP contribution < -0.4 is 0 Å². The van der Waals surface area contributed by atoms with Gasteiger partial charge in [-0.25, -0.2) is 4.79 Å². The summed E-state index contributed by atoms with van der Waals surface area (Å²) in [5.41, 5.74) is 2.99. The molecule has 15 heavy (non-hydrogen) atoms. The minimum atomic E-state index is -0.255. The highest BCUT2D eigenvalue weighted by molar-refractivity contribution is 5.90. The van der Waals surface area contributed by atoms with Crippen LogP contribution in [0, 0.1) is 0 Å². The van der Waals surface area contributed by atoms with Gasteiger partial charge in [0.15, 0.2) is 0 Å². The Labute approximate surface area is 88.8 Å². The third-order valence-electron chi connectivity index (χ3n) is 2.42. The Morgan fingerprint density at radius 3 is 3.13 bits per heavy atom. The van der Waals surface area contributed by atoms with Crippen LogP contribution in [0.4, 0.5) is 0 Å². The number of rotatable bonds is 2. The topological polar surface area (TPSA) is 38.7 Å². The maximum absolute atomic E-state index is 11.5. The van der Waals surface area contributed by atoms with Crippen LogP contribution in [0.5, 0.6) is 0 Å². The average Bonchev–Trinajstić information content (AvgIpc) is 2.29. The summed E-state index contributed by atoms with van der Waals surface area (Å²) in [5.74, 6) is -0.255. The molecule has 2 rings (SSSR count). The Morgan fingerprint density at radius 2 is 2.33 bits per heavy atom. The molecular formula is C12H13NO2. The van der Waals surface area contributed by atoms with Crippen LogP contribution in [0.3, 0.4) is 0 Å². The van der Waals surface area contributed by atoms with Crippen LogP contribution in [0.2, 0.25) is 0 Å². The van der Waals surface area contributed by atoms with Crippen LogP contribution >= 0.6 is 0 Å². The zero-order chi connectivity index (χ0) is 10.7. The molecule has 78 valence electrons.